The Labute approximate surface area is 109 Å². The molecule has 0 aromatic heterocycles. The van der Waals surface area contributed by atoms with Gasteiger partial charge in [-0.25, -0.2) is 0 Å². The van der Waals surface area contributed by atoms with Crippen molar-refractivity contribution in [3.05, 3.63) is 35.4 Å². The first kappa shape index (κ1) is 13.0. The maximum atomic E-state index is 3.42. The Balaban J connectivity index is 2.32. The van der Waals surface area contributed by atoms with Crippen LogP contribution >= 0.6 is 11.8 Å². The lowest BCUT2D eigenvalue weighted by Crippen LogP contribution is -2.40. The number of aryl methyl sites for hydroxylation is 1. The molecule has 17 heavy (non-hydrogen) atoms. The van der Waals surface area contributed by atoms with E-state index in [0.717, 1.165) is 6.54 Å². The molecule has 0 amide bonds. The number of hydrogen-bond donors (Lipinski definition) is 1. The SMILES string of the molecule is CNCC1(CCSC)CCCc2ccccc21. The lowest BCUT2D eigenvalue weighted by atomic mass is 9.68. The number of fused-ring (bicyclic) bond motifs is 1. The molecule has 94 valence electrons. The average Bonchev–Trinajstić information content (AvgIpc) is 2.37. The molecule has 0 saturated heterocycles. The first-order chi connectivity index (χ1) is 8.32. The lowest BCUT2D eigenvalue weighted by Gasteiger charge is -2.39. The summed E-state index contributed by atoms with van der Waals surface area (Å²) in [6, 6.07) is 9.06. The Morgan fingerprint density at radius 3 is 2.94 bits per heavy atom. The van der Waals surface area contributed by atoms with Crippen molar-refractivity contribution < 1.29 is 0 Å². The highest BCUT2D eigenvalue weighted by molar-refractivity contribution is 7.98. The number of hydrogen-bond acceptors (Lipinski definition) is 2. The molecular weight excluding hydrogens is 226 g/mol. The summed E-state index contributed by atoms with van der Waals surface area (Å²) >= 11 is 1.97. The minimum absolute atomic E-state index is 0.382. The summed E-state index contributed by atoms with van der Waals surface area (Å²) in [6.07, 6.45) is 7.45. The normalized spacial score (nSPS) is 23.4. The molecule has 0 bridgehead atoms. The van der Waals surface area contributed by atoms with Crippen molar-refractivity contribution >= 4 is 11.8 Å². The second-order valence-corrected chi connectivity index (χ2v) is 6.05. The largest absolute Gasteiger partial charge is 0.319 e. The van der Waals surface area contributed by atoms with Crippen LogP contribution in [0.5, 0.6) is 0 Å². The molecule has 1 aromatic rings. The topological polar surface area (TPSA) is 12.0 Å². The molecule has 2 rings (SSSR count). The molecule has 1 N–H and O–H groups in total. The first-order valence-corrected chi connectivity index (χ1v) is 7.94. The molecular formula is C15H23NS. The Kier molecular flexibility index (Phi) is 4.52. The minimum atomic E-state index is 0.382. The van der Waals surface area contributed by atoms with Gasteiger partial charge in [0.05, 0.1) is 0 Å². The molecule has 1 aromatic carbocycles. The third-order valence-corrected chi connectivity index (χ3v) is 4.60. The summed E-state index contributed by atoms with van der Waals surface area (Å²) in [5.74, 6) is 1.26. The summed E-state index contributed by atoms with van der Waals surface area (Å²) in [6.45, 7) is 1.12. The van der Waals surface area contributed by atoms with E-state index in [0.29, 0.717) is 5.41 Å². The van der Waals surface area contributed by atoms with Gasteiger partial charge >= 0.3 is 0 Å². The van der Waals surface area contributed by atoms with Gasteiger partial charge in [-0.05, 0) is 55.9 Å². The quantitative estimate of drug-likeness (QED) is 0.860. The summed E-state index contributed by atoms with van der Waals surface area (Å²) in [4.78, 5) is 0. The minimum Gasteiger partial charge on any atom is -0.319 e. The molecule has 0 aliphatic heterocycles. The van der Waals surface area contributed by atoms with E-state index in [-0.39, 0.29) is 0 Å². The molecule has 0 radical (unpaired) electrons. The van der Waals surface area contributed by atoms with Crippen molar-refractivity contribution in [2.75, 3.05) is 25.6 Å². The number of likely N-dealkylation sites (N-methyl/N-ethyl adjacent to an activating group) is 1. The van der Waals surface area contributed by atoms with E-state index in [1.165, 1.54) is 31.4 Å². The Morgan fingerprint density at radius 1 is 1.35 bits per heavy atom. The van der Waals surface area contributed by atoms with Gasteiger partial charge in [0.1, 0.15) is 0 Å². The van der Waals surface area contributed by atoms with Gasteiger partial charge in [0.2, 0.25) is 0 Å². The monoisotopic (exact) mass is 249 g/mol. The van der Waals surface area contributed by atoms with Crippen LogP contribution in [-0.4, -0.2) is 25.6 Å². The molecule has 0 saturated carbocycles. The van der Waals surface area contributed by atoms with Crippen LogP contribution in [0.25, 0.3) is 0 Å². The maximum absolute atomic E-state index is 3.42. The second-order valence-electron chi connectivity index (χ2n) is 5.06. The van der Waals surface area contributed by atoms with Crippen LogP contribution in [0.2, 0.25) is 0 Å². The molecule has 0 spiro atoms. The van der Waals surface area contributed by atoms with Crippen LogP contribution in [0.1, 0.15) is 30.4 Å². The summed E-state index contributed by atoms with van der Waals surface area (Å²) in [5, 5.41) is 3.42. The van der Waals surface area contributed by atoms with Gasteiger partial charge in [-0.15, -0.1) is 0 Å². The fourth-order valence-electron chi connectivity index (χ4n) is 3.18. The van der Waals surface area contributed by atoms with Crippen LogP contribution in [0, 0.1) is 0 Å². The molecule has 1 nitrogen and oxygen atoms in total. The van der Waals surface area contributed by atoms with E-state index < -0.39 is 0 Å². The molecule has 0 fully saturated rings. The first-order valence-electron chi connectivity index (χ1n) is 6.54. The van der Waals surface area contributed by atoms with E-state index in [2.05, 4.69) is 42.9 Å². The number of benzene rings is 1. The van der Waals surface area contributed by atoms with Crippen LogP contribution in [-0.2, 0) is 11.8 Å². The van der Waals surface area contributed by atoms with Crippen molar-refractivity contribution in [1.82, 2.24) is 5.32 Å². The van der Waals surface area contributed by atoms with E-state index in [1.807, 2.05) is 11.8 Å². The number of nitrogens with one attached hydrogen (secondary N) is 1. The van der Waals surface area contributed by atoms with Crippen LogP contribution in [0.4, 0.5) is 0 Å². The zero-order valence-electron chi connectivity index (χ0n) is 11.0. The van der Waals surface area contributed by atoms with Crippen LogP contribution in [0.3, 0.4) is 0 Å². The third kappa shape index (κ3) is 2.69. The summed E-state index contributed by atoms with van der Waals surface area (Å²) in [7, 11) is 2.08. The second kappa shape index (κ2) is 5.92. The zero-order chi connectivity index (χ0) is 12.1. The van der Waals surface area contributed by atoms with Crippen LogP contribution < -0.4 is 5.32 Å². The summed E-state index contributed by atoms with van der Waals surface area (Å²) in [5.41, 5.74) is 3.57. The zero-order valence-corrected chi connectivity index (χ0v) is 11.8. The van der Waals surface area contributed by atoms with Crippen molar-refractivity contribution in [1.29, 1.82) is 0 Å². The fourth-order valence-corrected chi connectivity index (χ4v) is 3.77. The van der Waals surface area contributed by atoms with E-state index >= 15 is 0 Å². The van der Waals surface area contributed by atoms with Gasteiger partial charge in [-0.3, -0.25) is 0 Å². The highest BCUT2D eigenvalue weighted by Crippen LogP contribution is 2.40. The number of rotatable bonds is 5. The van der Waals surface area contributed by atoms with E-state index in [4.69, 9.17) is 0 Å². The fraction of sp³-hybridized carbons (Fsp3) is 0.600. The smallest absolute Gasteiger partial charge is 0.00883 e. The molecule has 1 aliphatic rings. The van der Waals surface area contributed by atoms with Crippen LogP contribution in [0.15, 0.2) is 24.3 Å². The van der Waals surface area contributed by atoms with E-state index in [9.17, 15) is 0 Å². The predicted molar refractivity (Wildman–Crippen MR) is 78.0 cm³/mol. The highest BCUT2D eigenvalue weighted by Gasteiger charge is 2.35. The molecule has 1 unspecified atom stereocenters. The van der Waals surface area contributed by atoms with Crippen molar-refractivity contribution in [3.63, 3.8) is 0 Å². The predicted octanol–water partition coefficient (Wildman–Crippen LogP) is 3.23. The van der Waals surface area contributed by atoms with Gasteiger partial charge in [0, 0.05) is 12.0 Å². The molecule has 2 heteroatoms. The summed E-state index contributed by atoms with van der Waals surface area (Å²) < 4.78 is 0. The van der Waals surface area contributed by atoms with Gasteiger partial charge in [0.15, 0.2) is 0 Å². The van der Waals surface area contributed by atoms with E-state index in [1.54, 1.807) is 11.1 Å². The molecule has 1 aliphatic carbocycles. The number of thioether (sulfide) groups is 1. The third-order valence-electron chi connectivity index (χ3n) is 3.99. The Morgan fingerprint density at radius 2 is 2.18 bits per heavy atom. The van der Waals surface area contributed by atoms with Gasteiger partial charge < -0.3 is 5.32 Å². The van der Waals surface area contributed by atoms with Crippen molar-refractivity contribution in [2.24, 2.45) is 0 Å². The molecule has 0 heterocycles. The van der Waals surface area contributed by atoms with Gasteiger partial charge in [-0.1, -0.05) is 24.3 Å². The van der Waals surface area contributed by atoms with Gasteiger partial charge in [-0.2, -0.15) is 11.8 Å². The lowest BCUT2D eigenvalue weighted by molar-refractivity contribution is 0.339. The molecule has 1 atom stereocenters. The van der Waals surface area contributed by atoms with Gasteiger partial charge in [0.25, 0.3) is 0 Å². The van der Waals surface area contributed by atoms with Crippen molar-refractivity contribution in [2.45, 2.75) is 31.1 Å². The van der Waals surface area contributed by atoms with Crippen molar-refractivity contribution in [3.8, 4) is 0 Å². The average molecular weight is 249 g/mol. The maximum Gasteiger partial charge on any atom is 0.00883 e. The standard InChI is InChI=1S/C15H23NS/c1-16-12-15(10-11-17-2)9-5-7-13-6-3-4-8-14(13)15/h3-4,6,8,16H,5,7,9-12H2,1-2H3. The highest BCUT2D eigenvalue weighted by atomic mass is 32.2. The Hall–Kier alpha value is -0.470. The Bertz CT molecular complexity index is 364.